The molecule has 98 valence electrons. The van der Waals surface area contributed by atoms with Crippen LogP contribution >= 0.6 is 0 Å². The van der Waals surface area contributed by atoms with E-state index in [1.54, 1.807) is 7.11 Å². The van der Waals surface area contributed by atoms with E-state index in [0.29, 0.717) is 12.6 Å². The van der Waals surface area contributed by atoms with Crippen LogP contribution in [-0.4, -0.2) is 37.0 Å². The number of hydrogen-bond donors (Lipinski definition) is 2. The highest BCUT2D eigenvalue weighted by atomic mass is 16.5. The van der Waals surface area contributed by atoms with E-state index < -0.39 is 0 Å². The third kappa shape index (κ3) is 7.20. The molecule has 0 aromatic heterocycles. The number of methoxy groups -OCH3 is 1. The van der Waals surface area contributed by atoms with Crippen molar-refractivity contribution in [3.8, 4) is 0 Å². The topological polar surface area (TPSA) is 41.5 Å². The van der Waals surface area contributed by atoms with Gasteiger partial charge >= 0.3 is 0 Å². The molecule has 0 radical (unpaired) electrons. The van der Waals surface area contributed by atoms with Gasteiger partial charge in [0, 0.05) is 25.3 Å². The molecule has 0 amide bonds. The Morgan fingerprint density at radius 1 is 1.25 bits per heavy atom. The van der Waals surface area contributed by atoms with Crippen LogP contribution in [0.25, 0.3) is 0 Å². The zero-order chi connectivity index (χ0) is 12.6. The molecule has 16 heavy (non-hydrogen) atoms. The van der Waals surface area contributed by atoms with Crippen molar-refractivity contribution in [1.82, 2.24) is 5.32 Å². The SMILES string of the molecule is COCC(C)(CCO)NC(C)CCC(C)C. The minimum Gasteiger partial charge on any atom is -0.396 e. The average Bonchev–Trinajstić information content (AvgIpc) is 2.15. The van der Waals surface area contributed by atoms with Gasteiger partial charge in [-0.15, -0.1) is 0 Å². The number of nitrogens with one attached hydrogen (secondary N) is 1. The zero-order valence-electron chi connectivity index (χ0n) is 11.5. The third-order valence-electron chi connectivity index (χ3n) is 2.90. The second-order valence-electron chi connectivity index (χ2n) is 5.48. The molecule has 0 fully saturated rings. The number of hydrogen-bond acceptors (Lipinski definition) is 3. The smallest absolute Gasteiger partial charge is 0.0642 e. The molecular weight excluding hydrogens is 202 g/mol. The van der Waals surface area contributed by atoms with Crippen molar-refractivity contribution < 1.29 is 9.84 Å². The molecule has 0 aliphatic rings. The Labute approximate surface area is 101 Å². The molecule has 0 bridgehead atoms. The number of aliphatic hydroxyl groups is 1. The van der Waals surface area contributed by atoms with Crippen molar-refractivity contribution in [2.45, 2.75) is 58.5 Å². The monoisotopic (exact) mass is 231 g/mol. The summed E-state index contributed by atoms with van der Waals surface area (Å²) in [6.07, 6.45) is 3.13. The van der Waals surface area contributed by atoms with Gasteiger partial charge in [-0.25, -0.2) is 0 Å². The maximum atomic E-state index is 9.06. The summed E-state index contributed by atoms with van der Waals surface area (Å²) in [7, 11) is 1.70. The quantitative estimate of drug-likeness (QED) is 0.639. The highest BCUT2D eigenvalue weighted by Crippen LogP contribution is 2.14. The maximum Gasteiger partial charge on any atom is 0.0642 e. The van der Waals surface area contributed by atoms with Gasteiger partial charge in [-0.3, -0.25) is 0 Å². The first kappa shape index (κ1) is 15.9. The summed E-state index contributed by atoms with van der Waals surface area (Å²) in [6.45, 7) is 9.64. The lowest BCUT2D eigenvalue weighted by molar-refractivity contribution is 0.0899. The van der Waals surface area contributed by atoms with E-state index in [1.807, 2.05) is 0 Å². The van der Waals surface area contributed by atoms with Crippen LogP contribution in [0.1, 0.15) is 47.0 Å². The molecule has 3 heteroatoms. The van der Waals surface area contributed by atoms with Crippen LogP contribution in [0.15, 0.2) is 0 Å². The number of rotatable bonds is 9. The Morgan fingerprint density at radius 3 is 2.31 bits per heavy atom. The summed E-state index contributed by atoms with van der Waals surface area (Å²) >= 11 is 0. The predicted octanol–water partition coefficient (Wildman–Crippen LogP) is 2.19. The number of ether oxygens (including phenoxy) is 1. The minimum absolute atomic E-state index is 0.111. The van der Waals surface area contributed by atoms with Crippen LogP contribution in [0.2, 0.25) is 0 Å². The molecule has 0 rings (SSSR count). The van der Waals surface area contributed by atoms with Crippen LogP contribution in [0, 0.1) is 5.92 Å². The fourth-order valence-electron chi connectivity index (χ4n) is 2.00. The largest absolute Gasteiger partial charge is 0.396 e. The molecule has 0 aliphatic carbocycles. The molecule has 0 aliphatic heterocycles. The standard InChI is InChI=1S/C13H29NO2/c1-11(2)6-7-12(3)14-13(4,8-9-15)10-16-5/h11-12,14-15H,6-10H2,1-5H3. The fraction of sp³-hybridized carbons (Fsp3) is 1.00. The van der Waals surface area contributed by atoms with E-state index >= 15 is 0 Å². The molecule has 3 nitrogen and oxygen atoms in total. The van der Waals surface area contributed by atoms with Crippen molar-refractivity contribution >= 4 is 0 Å². The van der Waals surface area contributed by atoms with E-state index in [-0.39, 0.29) is 12.1 Å². The summed E-state index contributed by atoms with van der Waals surface area (Å²) in [5, 5.41) is 12.6. The molecule has 0 saturated carbocycles. The second-order valence-corrected chi connectivity index (χ2v) is 5.48. The first-order valence-corrected chi connectivity index (χ1v) is 6.31. The van der Waals surface area contributed by atoms with E-state index in [2.05, 4.69) is 33.0 Å². The van der Waals surface area contributed by atoms with Crippen LogP contribution < -0.4 is 5.32 Å². The predicted molar refractivity (Wildman–Crippen MR) is 68.7 cm³/mol. The Morgan fingerprint density at radius 2 is 1.88 bits per heavy atom. The normalized spacial score (nSPS) is 17.4. The van der Waals surface area contributed by atoms with Gasteiger partial charge in [0.25, 0.3) is 0 Å². The van der Waals surface area contributed by atoms with Gasteiger partial charge in [0.2, 0.25) is 0 Å². The lowest BCUT2D eigenvalue weighted by atomic mass is 9.96. The second kappa shape index (κ2) is 8.04. The Kier molecular flexibility index (Phi) is 7.98. The average molecular weight is 231 g/mol. The van der Waals surface area contributed by atoms with Crippen LogP contribution in [-0.2, 0) is 4.74 Å². The van der Waals surface area contributed by atoms with Crippen LogP contribution in [0.3, 0.4) is 0 Å². The maximum absolute atomic E-state index is 9.06. The van der Waals surface area contributed by atoms with Crippen molar-refractivity contribution in [2.24, 2.45) is 5.92 Å². The van der Waals surface area contributed by atoms with E-state index in [1.165, 1.54) is 12.8 Å². The summed E-state index contributed by atoms with van der Waals surface area (Å²) in [5.41, 5.74) is -0.111. The molecule has 2 unspecified atom stereocenters. The summed E-state index contributed by atoms with van der Waals surface area (Å²) < 4.78 is 5.21. The Bertz CT molecular complexity index is 165. The fourth-order valence-corrected chi connectivity index (χ4v) is 2.00. The minimum atomic E-state index is -0.111. The van der Waals surface area contributed by atoms with Gasteiger partial charge < -0.3 is 15.2 Å². The van der Waals surface area contributed by atoms with E-state index in [0.717, 1.165) is 12.3 Å². The van der Waals surface area contributed by atoms with Gasteiger partial charge in [0.15, 0.2) is 0 Å². The summed E-state index contributed by atoms with van der Waals surface area (Å²) in [4.78, 5) is 0. The summed E-state index contributed by atoms with van der Waals surface area (Å²) in [5.74, 6) is 0.746. The molecular formula is C13H29NO2. The lowest BCUT2D eigenvalue weighted by Gasteiger charge is -2.33. The Hall–Kier alpha value is -0.120. The Balaban J connectivity index is 4.06. The molecule has 2 N–H and O–H groups in total. The molecule has 0 saturated heterocycles. The lowest BCUT2D eigenvalue weighted by Crippen LogP contribution is -2.51. The first-order chi connectivity index (χ1) is 7.43. The van der Waals surface area contributed by atoms with Crippen molar-refractivity contribution in [1.29, 1.82) is 0 Å². The summed E-state index contributed by atoms with van der Waals surface area (Å²) in [6, 6.07) is 0.467. The van der Waals surface area contributed by atoms with Crippen LogP contribution in [0.4, 0.5) is 0 Å². The van der Waals surface area contributed by atoms with Gasteiger partial charge in [0.1, 0.15) is 0 Å². The van der Waals surface area contributed by atoms with Crippen molar-refractivity contribution in [3.05, 3.63) is 0 Å². The van der Waals surface area contributed by atoms with Crippen molar-refractivity contribution in [3.63, 3.8) is 0 Å². The molecule has 0 aromatic rings. The highest BCUT2D eigenvalue weighted by Gasteiger charge is 2.25. The number of aliphatic hydroxyl groups excluding tert-OH is 1. The molecule has 2 atom stereocenters. The van der Waals surface area contributed by atoms with Gasteiger partial charge in [0.05, 0.1) is 6.61 Å². The first-order valence-electron chi connectivity index (χ1n) is 6.31. The highest BCUT2D eigenvalue weighted by molar-refractivity contribution is 4.85. The van der Waals surface area contributed by atoms with E-state index in [4.69, 9.17) is 9.84 Å². The van der Waals surface area contributed by atoms with E-state index in [9.17, 15) is 0 Å². The van der Waals surface area contributed by atoms with Crippen LogP contribution in [0.5, 0.6) is 0 Å². The van der Waals surface area contributed by atoms with Gasteiger partial charge in [-0.2, -0.15) is 0 Å². The molecule has 0 spiro atoms. The molecule has 0 aromatic carbocycles. The van der Waals surface area contributed by atoms with Gasteiger partial charge in [-0.1, -0.05) is 13.8 Å². The zero-order valence-corrected chi connectivity index (χ0v) is 11.5. The van der Waals surface area contributed by atoms with Crippen molar-refractivity contribution in [2.75, 3.05) is 20.3 Å². The molecule has 0 heterocycles. The third-order valence-corrected chi connectivity index (χ3v) is 2.90. The van der Waals surface area contributed by atoms with Gasteiger partial charge in [-0.05, 0) is 39.0 Å².